The van der Waals surface area contributed by atoms with Gasteiger partial charge in [-0.3, -0.25) is 0 Å². The molecule has 0 bridgehead atoms. The van der Waals surface area contributed by atoms with Gasteiger partial charge in [-0.2, -0.15) is 0 Å². The van der Waals surface area contributed by atoms with Crippen LogP contribution in [-0.4, -0.2) is 9.97 Å². The van der Waals surface area contributed by atoms with Crippen molar-refractivity contribution in [2.24, 2.45) is 0 Å². The highest BCUT2D eigenvalue weighted by atomic mass is 79.9. The Labute approximate surface area is 117 Å². The molecule has 3 nitrogen and oxygen atoms in total. The first-order valence-corrected chi connectivity index (χ1v) is 7.17. The molecule has 2 aromatic heterocycles. The summed E-state index contributed by atoms with van der Waals surface area (Å²) >= 11 is 5.25. The van der Waals surface area contributed by atoms with Crippen molar-refractivity contribution in [3.63, 3.8) is 0 Å². The van der Waals surface area contributed by atoms with Crippen LogP contribution in [0, 0.1) is 0 Å². The average Bonchev–Trinajstić information content (AvgIpc) is 2.82. The number of halogens is 1. The normalized spacial score (nSPS) is 10.7. The van der Waals surface area contributed by atoms with Crippen molar-refractivity contribution in [1.82, 2.24) is 9.97 Å². The lowest BCUT2D eigenvalue weighted by Gasteiger charge is -2.07. The maximum atomic E-state index is 4.30. The average molecular weight is 320 g/mol. The van der Waals surface area contributed by atoms with Gasteiger partial charge in [-0.05, 0) is 39.5 Å². The Morgan fingerprint density at radius 3 is 2.89 bits per heavy atom. The van der Waals surface area contributed by atoms with Crippen molar-refractivity contribution in [3.05, 3.63) is 51.4 Å². The van der Waals surface area contributed by atoms with Crippen LogP contribution >= 0.6 is 27.3 Å². The molecule has 3 aromatic rings. The monoisotopic (exact) mass is 319 g/mol. The maximum Gasteiger partial charge on any atom is 0.137 e. The summed E-state index contributed by atoms with van der Waals surface area (Å²) in [6, 6.07) is 10.1. The molecule has 5 heteroatoms. The van der Waals surface area contributed by atoms with Crippen LogP contribution in [0.3, 0.4) is 0 Å². The Bertz CT molecular complexity index is 675. The van der Waals surface area contributed by atoms with Crippen molar-refractivity contribution in [2.75, 3.05) is 5.32 Å². The Morgan fingerprint density at radius 2 is 2.06 bits per heavy atom. The molecular formula is C13H10BrN3S. The molecule has 90 valence electrons. The highest BCUT2D eigenvalue weighted by Crippen LogP contribution is 2.25. The predicted octanol–water partition coefficient (Wildman–Crippen LogP) is 4.07. The van der Waals surface area contributed by atoms with Crippen molar-refractivity contribution >= 4 is 44.0 Å². The number of rotatable bonds is 3. The van der Waals surface area contributed by atoms with Crippen LogP contribution in [0.2, 0.25) is 0 Å². The first-order valence-electron chi connectivity index (χ1n) is 5.50. The molecule has 0 saturated heterocycles. The van der Waals surface area contributed by atoms with Gasteiger partial charge < -0.3 is 5.32 Å². The number of nitrogens with zero attached hydrogens (tertiary/aromatic N) is 2. The lowest BCUT2D eigenvalue weighted by atomic mass is 10.2. The second-order valence-corrected chi connectivity index (χ2v) is 5.64. The third-order valence-corrected chi connectivity index (χ3v) is 4.58. The molecule has 0 spiro atoms. The van der Waals surface area contributed by atoms with Gasteiger partial charge in [0.05, 0.1) is 12.1 Å². The Morgan fingerprint density at radius 1 is 1.17 bits per heavy atom. The number of benzene rings is 1. The summed E-state index contributed by atoms with van der Waals surface area (Å²) in [5.41, 5.74) is 0.959. The molecule has 3 rings (SSSR count). The summed E-state index contributed by atoms with van der Waals surface area (Å²) in [6.45, 7) is 0.763. The van der Waals surface area contributed by atoms with E-state index in [0.717, 1.165) is 27.7 Å². The number of anilines is 1. The standard InChI is InChI=1S/C13H10BrN3S/c14-10-5-6-18-12(10)7-15-13-9-3-1-2-4-11(9)16-8-17-13/h1-6,8H,7H2,(H,15,16,17). The van der Waals surface area contributed by atoms with E-state index < -0.39 is 0 Å². The van der Waals surface area contributed by atoms with Crippen LogP contribution < -0.4 is 5.32 Å². The van der Waals surface area contributed by atoms with Gasteiger partial charge in [-0.25, -0.2) is 9.97 Å². The Kier molecular flexibility index (Phi) is 3.25. The molecule has 1 aromatic carbocycles. The number of hydrogen-bond donors (Lipinski definition) is 1. The van der Waals surface area contributed by atoms with Crippen LogP contribution in [0.5, 0.6) is 0 Å². The smallest absolute Gasteiger partial charge is 0.137 e. The fourth-order valence-electron chi connectivity index (χ4n) is 1.76. The number of fused-ring (bicyclic) bond motifs is 1. The van der Waals surface area contributed by atoms with Gasteiger partial charge >= 0.3 is 0 Å². The van der Waals surface area contributed by atoms with E-state index in [-0.39, 0.29) is 0 Å². The topological polar surface area (TPSA) is 37.8 Å². The molecule has 0 aliphatic carbocycles. The van der Waals surface area contributed by atoms with Gasteiger partial charge in [-0.1, -0.05) is 12.1 Å². The lowest BCUT2D eigenvalue weighted by molar-refractivity contribution is 1.12. The summed E-state index contributed by atoms with van der Waals surface area (Å²) < 4.78 is 1.14. The first-order chi connectivity index (χ1) is 8.84. The fraction of sp³-hybridized carbons (Fsp3) is 0.0769. The zero-order chi connectivity index (χ0) is 12.4. The maximum absolute atomic E-state index is 4.30. The molecule has 0 aliphatic rings. The second kappa shape index (κ2) is 5.04. The van der Waals surface area contributed by atoms with E-state index in [2.05, 4.69) is 42.7 Å². The Balaban J connectivity index is 1.89. The molecule has 0 unspecified atom stereocenters. The summed E-state index contributed by atoms with van der Waals surface area (Å²) in [5.74, 6) is 0.876. The minimum absolute atomic E-state index is 0.763. The third kappa shape index (κ3) is 2.23. The molecule has 18 heavy (non-hydrogen) atoms. The van der Waals surface area contributed by atoms with Crippen LogP contribution in [0.15, 0.2) is 46.5 Å². The lowest BCUT2D eigenvalue weighted by Crippen LogP contribution is -2.01. The van der Waals surface area contributed by atoms with Crippen LogP contribution in [0.4, 0.5) is 5.82 Å². The molecule has 2 heterocycles. The van der Waals surface area contributed by atoms with E-state index in [1.165, 1.54) is 4.88 Å². The van der Waals surface area contributed by atoms with Gasteiger partial charge in [0.25, 0.3) is 0 Å². The van der Waals surface area contributed by atoms with Gasteiger partial charge in [-0.15, -0.1) is 11.3 Å². The molecule has 1 N–H and O–H groups in total. The zero-order valence-corrected chi connectivity index (χ0v) is 11.8. The molecule has 0 radical (unpaired) electrons. The van der Waals surface area contributed by atoms with E-state index in [1.54, 1.807) is 17.7 Å². The number of aromatic nitrogens is 2. The van der Waals surface area contributed by atoms with Crippen molar-refractivity contribution < 1.29 is 0 Å². The zero-order valence-electron chi connectivity index (χ0n) is 9.43. The Hall–Kier alpha value is -1.46. The third-order valence-electron chi connectivity index (χ3n) is 2.65. The van der Waals surface area contributed by atoms with E-state index in [0.29, 0.717) is 0 Å². The summed E-state index contributed by atoms with van der Waals surface area (Å²) in [5, 5.41) is 6.48. The van der Waals surface area contributed by atoms with Crippen LogP contribution in [-0.2, 0) is 6.54 Å². The summed E-state index contributed by atoms with van der Waals surface area (Å²) in [4.78, 5) is 9.81. The van der Waals surface area contributed by atoms with Crippen molar-refractivity contribution in [3.8, 4) is 0 Å². The first kappa shape index (κ1) is 11.6. The number of para-hydroxylation sites is 1. The van der Waals surface area contributed by atoms with Crippen LogP contribution in [0.1, 0.15) is 4.88 Å². The fourth-order valence-corrected chi connectivity index (χ4v) is 3.19. The van der Waals surface area contributed by atoms with Gasteiger partial charge in [0.15, 0.2) is 0 Å². The molecular weight excluding hydrogens is 310 g/mol. The van der Waals surface area contributed by atoms with E-state index in [4.69, 9.17) is 0 Å². The van der Waals surface area contributed by atoms with E-state index >= 15 is 0 Å². The van der Waals surface area contributed by atoms with Crippen molar-refractivity contribution in [1.29, 1.82) is 0 Å². The van der Waals surface area contributed by atoms with Gasteiger partial charge in [0.2, 0.25) is 0 Å². The molecule has 0 fully saturated rings. The van der Waals surface area contributed by atoms with E-state index in [9.17, 15) is 0 Å². The largest absolute Gasteiger partial charge is 0.365 e. The number of thiophene rings is 1. The van der Waals surface area contributed by atoms with Crippen LogP contribution in [0.25, 0.3) is 10.9 Å². The summed E-state index contributed by atoms with van der Waals surface area (Å²) in [6.07, 6.45) is 1.59. The number of hydrogen-bond acceptors (Lipinski definition) is 4. The van der Waals surface area contributed by atoms with Gasteiger partial charge in [0.1, 0.15) is 12.1 Å². The molecule has 0 amide bonds. The predicted molar refractivity (Wildman–Crippen MR) is 78.9 cm³/mol. The molecule has 0 saturated carbocycles. The van der Waals surface area contributed by atoms with Gasteiger partial charge in [0, 0.05) is 14.7 Å². The minimum Gasteiger partial charge on any atom is -0.365 e. The van der Waals surface area contributed by atoms with Crippen molar-refractivity contribution in [2.45, 2.75) is 6.54 Å². The molecule has 0 aliphatic heterocycles. The SMILES string of the molecule is Brc1ccsc1CNc1ncnc2ccccc12. The highest BCUT2D eigenvalue weighted by molar-refractivity contribution is 9.10. The van der Waals surface area contributed by atoms with E-state index in [1.807, 2.05) is 24.3 Å². The summed E-state index contributed by atoms with van der Waals surface area (Å²) in [7, 11) is 0. The number of nitrogens with one attached hydrogen (secondary N) is 1. The highest BCUT2D eigenvalue weighted by Gasteiger charge is 2.04. The molecule has 0 atom stereocenters. The minimum atomic E-state index is 0.763. The second-order valence-electron chi connectivity index (χ2n) is 3.78. The quantitative estimate of drug-likeness (QED) is 0.790.